The highest BCUT2D eigenvalue weighted by Crippen LogP contribution is 2.05. The van der Waals surface area contributed by atoms with Gasteiger partial charge in [0.1, 0.15) is 0 Å². The smallest absolute Gasteiger partial charge is 0.186 e. The van der Waals surface area contributed by atoms with Crippen LogP contribution in [0.1, 0.15) is 6.42 Å². The van der Waals surface area contributed by atoms with E-state index in [0.29, 0.717) is 6.61 Å². The maximum Gasteiger partial charge on any atom is 0.186 e. The van der Waals surface area contributed by atoms with E-state index >= 15 is 0 Å². The molecular formula is C6H11N3O. The van der Waals surface area contributed by atoms with Crippen LogP contribution in [0.3, 0.4) is 0 Å². The Balaban J connectivity index is 2.48. The van der Waals surface area contributed by atoms with Gasteiger partial charge in [0.2, 0.25) is 0 Å². The van der Waals surface area contributed by atoms with Crippen molar-refractivity contribution >= 4 is 5.96 Å². The van der Waals surface area contributed by atoms with Gasteiger partial charge in [-0.2, -0.15) is 0 Å². The Labute approximate surface area is 59.6 Å². The Hall–Kier alpha value is -1.19. The van der Waals surface area contributed by atoms with Gasteiger partial charge < -0.3 is 16.2 Å². The van der Waals surface area contributed by atoms with Gasteiger partial charge in [-0.15, -0.1) is 0 Å². The maximum absolute atomic E-state index is 5.18. The van der Waals surface area contributed by atoms with Crippen LogP contribution in [0.4, 0.5) is 0 Å². The van der Waals surface area contributed by atoms with E-state index < -0.39 is 0 Å². The molecule has 0 bridgehead atoms. The lowest BCUT2D eigenvalue weighted by Gasteiger charge is -2.12. The fourth-order valence-electron chi connectivity index (χ4n) is 0.798. The minimum atomic E-state index is 0.110. The topological polar surface area (TPSA) is 73.6 Å². The Morgan fingerprint density at radius 2 is 2.40 bits per heavy atom. The van der Waals surface area contributed by atoms with Crippen LogP contribution < -0.4 is 11.5 Å². The highest BCUT2D eigenvalue weighted by Gasteiger charge is 2.05. The number of aliphatic imine (C=N–C) groups is 1. The van der Waals surface area contributed by atoms with E-state index in [1.54, 1.807) is 6.26 Å². The van der Waals surface area contributed by atoms with Crippen molar-refractivity contribution in [2.24, 2.45) is 16.5 Å². The zero-order valence-corrected chi connectivity index (χ0v) is 5.66. The van der Waals surface area contributed by atoms with Crippen molar-refractivity contribution in [3.05, 3.63) is 12.3 Å². The monoisotopic (exact) mass is 141 g/mol. The van der Waals surface area contributed by atoms with Crippen LogP contribution in [0.15, 0.2) is 17.3 Å². The molecule has 1 rings (SSSR count). The molecule has 0 fully saturated rings. The second kappa shape index (κ2) is 3.10. The molecule has 0 aromatic carbocycles. The molecule has 0 saturated carbocycles. The average molecular weight is 141 g/mol. The van der Waals surface area contributed by atoms with Crippen molar-refractivity contribution in [3.8, 4) is 0 Å². The summed E-state index contributed by atoms with van der Waals surface area (Å²) < 4.78 is 4.95. The van der Waals surface area contributed by atoms with Crippen LogP contribution in [0.2, 0.25) is 0 Å². The first kappa shape index (κ1) is 6.92. The summed E-state index contributed by atoms with van der Waals surface area (Å²) in [6.45, 7) is 0.692. The molecule has 1 aliphatic heterocycles. The summed E-state index contributed by atoms with van der Waals surface area (Å²) >= 11 is 0. The van der Waals surface area contributed by atoms with Gasteiger partial charge in [-0.3, -0.25) is 0 Å². The van der Waals surface area contributed by atoms with Crippen molar-refractivity contribution in [3.63, 3.8) is 0 Å². The Bertz CT molecular complexity index is 160. The van der Waals surface area contributed by atoms with E-state index in [1.165, 1.54) is 0 Å². The number of guanidine groups is 1. The van der Waals surface area contributed by atoms with Crippen LogP contribution in [-0.2, 0) is 4.74 Å². The molecule has 0 saturated heterocycles. The molecule has 56 valence electrons. The van der Waals surface area contributed by atoms with Crippen LogP contribution in [-0.4, -0.2) is 18.6 Å². The number of nitrogens with two attached hydrogens (primary N) is 2. The van der Waals surface area contributed by atoms with E-state index in [-0.39, 0.29) is 12.0 Å². The number of nitrogens with zero attached hydrogens (tertiary/aromatic N) is 1. The van der Waals surface area contributed by atoms with E-state index in [9.17, 15) is 0 Å². The molecule has 4 heteroatoms. The summed E-state index contributed by atoms with van der Waals surface area (Å²) in [5.41, 5.74) is 10.4. The zero-order chi connectivity index (χ0) is 7.40. The lowest BCUT2D eigenvalue weighted by Crippen LogP contribution is -2.26. The molecule has 0 aromatic rings. The summed E-state index contributed by atoms with van der Waals surface area (Å²) in [4.78, 5) is 3.94. The van der Waals surface area contributed by atoms with Crippen molar-refractivity contribution in [2.45, 2.75) is 12.5 Å². The fraction of sp³-hybridized carbons (Fsp3) is 0.500. The second-order valence-electron chi connectivity index (χ2n) is 2.11. The van der Waals surface area contributed by atoms with Gasteiger partial charge in [0.05, 0.1) is 18.9 Å². The van der Waals surface area contributed by atoms with Crippen LogP contribution in [0.5, 0.6) is 0 Å². The minimum Gasteiger partial charge on any atom is -0.501 e. The molecule has 0 radical (unpaired) electrons. The molecule has 4 nitrogen and oxygen atoms in total. The molecule has 1 heterocycles. The Kier molecular flexibility index (Phi) is 2.15. The standard InChI is InChI=1S/C6H11N3O/c7-6(8)9-5-1-3-10-4-2-5/h1,3,5H,2,4H2,(H4,7,8,9). The first-order valence-corrected chi connectivity index (χ1v) is 3.16. The summed E-state index contributed by atoms with van der Waals surface area (Å²) in [7, 11) is 0. The largest absolute Gasteiger partial charge is 0.501 e. The van der Waals surface area contributed by atoms with Crippen LogP contribution in [0, 0.1) is 0 Å². The average Bonchev–Trinajstić information content (AvgIpc) is 1.88. The molecule has 1 unspecified atom stereocenters. The SMILES string of the molecule is NC(N)=NC1C=COCC1. The van der Waals surface area contributed by atoms with E-state index in [4.69, 9.17) is 16.2 Å². The van der Waals surface area contributed by atoms with Gasteiger partial charge in [0.25, 0.3) is 0 Å². The number of hydrogen-bond donors (Lipinski definition) is 2. The number of rotatable bonds is 1. The molecule has 0 aromatic heterocycles. The highest BCUT2D eigenvalue weighted by atomic mass is 16.5. The second-order valence-corrected chi connectivity index (χ2v) is 2.11. The molecule has 10 heavy (non-hydrogen) atoms. The molecule has 0 aliphatic carbocycles. The fourth-order valence-corrected chi connectivity index (χ4v) is 0.798. The lowest BCUT2D eigenvalue weighted by atomic mass is 10.2. The van der Waals surface area contributed by atoms with E-state index in [0.717, 1.165) is 6.42 Å². The summed E-state index contributed by atoms with van der Waals surface area (Å²) in [5.74, 6) is 0.136. The Morgan fingerprint density at radius 3 is 2.90 bits per heavy atom. The molecule has 1 atom stereocenters. The molecule has 4 N–H and O–H groups in total. The van der Waals surface area contributed by atoms with Crippen molar-refractivity contribution in [1.82, 2.24) is 0 Å². The van der Waals surface area contributed by atoms with E-state index in [1.807, 2.05) is 6.08 Å². The zero-order valence-electron chi connectivity index (χ0n) is 5.66. The van der Waals surface area contributed by atoms with Crippen molar-refractivity contribution in [2.75, 3.05) is 6.61 Å². The quantitative estimate of drug-likeness (QED) is 0.384. The van der Waals surface area contributed by atoms with Gasteiger partial charge in [-0.25, -0.2) is 4.99 Å². The minimum absolute atomic E-state index is 0.110. The van der Waals surface area contributed by atoms with Gasteiger partial charge in [-0.05, 0) is 6.08 Å². The molecule has 1 aliphatic rings. The number of hydrogen-bond acceptors (Lipinski definition) is 2. The predicted octanol–water partition coefficient (Wildman–Crippen LogP) is -0.438. The summed E-state index contributed by atoms with van der Waals surface area (Å²) in [5, 5.41) is 0. The summed E-state index contributed by atoms with van der Waals surface area (Å²) in [6.07, 6.45) is 4.32. The maximum atomic E-state index is 5.18. The van der Waals surface area contributed by atoms with Gasteiger partial charge in [0, 0.05) is 6.42 Å². The third kappa shape index (κ3) is 1.97. The number of ether oxygens (including phenoxy) is 1. The predicted molar refractivity (Wildman–Crippen MR) is 39.3 cm³/mol. The first-order chi connectivity index (χ1) is 4.79. The molecule has 0 spiro atoms. The van der Waals surface area contributed by atoms with E-state index in [2.05, 4.69) is 4.99 Å². The lowest BCUT2D eigenvalue weighted by molar-refractivity contribution is 0.223. The van der Waals surface area contributed by atoms with Gasteiger partial charge in [0.15, 0.2) is 5.96 Å². The third-order valence-corrected chi connectivity index (χ3v) is 1.24. The van der Waals surface area contributed by atoms with Crippen molar-refractivity contribution in [1.29, 1.82) is 0 Å². The van der Waals surface area contributed by atoms with Crippen LogP contribution in [0.25, 0.3) is 0 Å². The Morgan fingerprint density at radius 1 is 1.60 bits per heavy atom. The van der Waals surface area contributed by atoms with Crippen LogP contribution >= 0.6 is 0 Å². The summed E-state index contributed by atoms with van der Waals surface area (Å²) in [6, 6.07) is 0.110. The molecule has 0 amide bonds. The highest BCUT2D eigenvalue weighted by molar-refractivity contribution is 5.76. The first-order valence-electron chi connectivity index (χ1n) is 3.16. The van der Waals surface area contributed by atoms with Crippen molar-refractivity contribution < 1.29 is 4.74 Å². The third-order valence-electron chi connectivity index (χ3n) is 1.24. The van der Waals surface area contributed by atoms with Gasteiger partial charge in [-0.1, -0.05) is 0 Å². The normalized spacial score (nSPS) is 23.4. The van der Waals surface area contributed by atoms with Gasteiger partial charge >= 0.3 is 0 Å². The molecular weight excluding hydrogens is 130 g/mol.